The molecule has 0 fully saturated rings. The van der Waals surface area contributed by atoms with E-state index >= 15 is 0 Å². The highest BCUT2D eigenvalue weighted by atomic mass is 16.5. The molecule has 3 N–H and O–H groups in total. The largest absolute Gasteiger partial charge is 0.484 e. The minimum atomic E-state index is -1.23. The van der Waals surface area contributed by atoms with E-state index in [1.54, 1.807) is 12.1 Å². The maximum Gasteiger partial charge on any atom is 0.323 e. The molecule has 0 aliphatic heterocycles. The second-order valence-electron chi connectivity index (χ2n) is 4.40. The molecule has 0 aliphatic rings. The first-order valence-electron chi connectivity index (χ1n) is 6.42. The second-order valence-corrected chi connectivity index (χ2v) is 4.40. The fraction of sp³-hybridized carbons (Fsp3) is 0.357. The van der Waals surface area contributed by atoms with Crippen molar-refractivity contribution < 1.29 is 24.2 Å². The zero-order valence-corrected chi connectivity index (χ0v) is 11.7. The van der Waals surface area contributed by atoms with Crippen molar-refractivity contribution >= 4 is 17.8 Å². The summed E-state index contributed by atoms with van der Waals surface area (Å²) in [7, 11) is 0. The van der Waals surface area contributed by atoms with Crippen LogP contribution in [0.3, 0.4) is 0 Å². The van der Waals surface area contributed by atoms with E-state index in [9.17, 15) is 14.4 Å². The van der Waals surface area contributed by atoms with Crippen LogP contribution in [0, 0.1) is 0 Å². The number of primary amides is 1. The molecular weight excluding hydrogens is 276 g/mol. The molecular formula is C14H18N2O5. The molecule has 0 aromatic heterocycles. The van der Waals surface area contributed by atoms with Crippen LogP contribution >= 0.6 is 0 Å². The molecule has 21 heavy (non-hydrogen) atoms. The van der Waals surface area contributed by atoms with Crippen molar-refractivity contribution in [3.8, 4) is 5.75 Å². The van der Waals surface area contributed by atoms with Crippen LogP contribution in [0.4, 0.5) is 0 Å². The number of carboxylic acids is 1. The summed E-state index contributed by atoms with van der Waals surface area (Å²) in [5, 5.41) is 8.70. The molecule has 0 saturated carbocycles. The molecule has 0 saturated heterocycles. The van der Waals surface area contributed by atoms with E-state index in [0.29, 0.717) is 5.75 Å². The molecule has 0 atom stereocenters. The van der Waals surface area contributed by atoms with Gasteiger partial charge in [0, 0.05) is 0 Å². The molecule has 1 rings (SSSR count). The summed E-state index contributed by atoms with van der Waals surface area (Å²) >= 11 is 0. The van der Waals surface area contributed by atoms with Crippen molar-refractivity contribution in [3.05, 3.63) is 29.8 Å². The lowest BCUT2D eigenvalue weighted by Gasteiger charge is -2.19. The minimum Gasteiger partial charge on any atom is -0.484 e. The summed E-state index contributed by atoms with van der Waals surface area (Å²) in [6, 6.07) is 7.19. The number of rotatable bonds is 8. The fourth-order valence-corrected chi connectivity index (χ4v) is 1.64. The van der Waals surface area contributed by atoms with E-state index in [1.807, 2.05) is 19.1 Å². The van der Waals surface area contributed by atoms with Gasteiger partial charge < -0.3 is 20.5 Å². The van der Waals surface area contributed by atoms with Gasteiger partial charge in [-0.2, -0.15) is 0 Å². The lowest BCUT2D eigenvalue weighted by atomic mass is 10.2. The molecule has 0 aliphatic carbocycles. The summed E-state index contributed by atoms with van der Waals surface area (Å²) in [6.45, 7) is 0.613. The maximum atomic E-state index is 11.8. The van der Waals surface area contributed by atoms with Crippen LogP contribution in [-0.2, 0) is 20.8 Å². The number of aryl methyl sites for hydroxylation is 1. The number of carbonyl (C=O) groups is 3. The third-order valence-electron chi connectivity index (χ3n) is 2.72. The Bertz CT molecular complexity index is 497. The molecule has 7 nitrogen and oxygen atoms in total. The summed E-state index contributed by atoms with van der Waals surface area (Å²) in [6.07, 6.45) is 0.893. The van der Waals surface area contributed by atoms with Crippen LogP contribution < -0.4 is 10.5 Å². The number of nitrogens with two attached hydrogens (primary N) is 1. The highest BCUT2D eigenvalue weighted by molar-refractivity contribution is 5.87. The van der Waals surface area contributed by atoms with Crippen molar-refractivity contribution in [1.29, 1.82) is 0 Å². The number of hydrogen-bond acceptors (Lipinski definition) is 4. The molecule has 114 valence electrons. The number of hydrogen-bond donors (Lipinski definition) is 2. The van der Waals surface area contributed by atoms with Gasteiger partial charge in [0.1, 0.15) is 18.8 Å². The van der Waals surface area contributed by atoms with Crippen LogP contribution in [0.15, 0.2) is 24.3 Å². The molecule has 2 amide bonds. The Morgan fingerprint density at radius 1 is 1.19 bits per heavy atom. The van der Waals surface area contributed by atoms with E-state index in [-0.39, 0.29) is 6.61 Å². The number of ether oxygens (including phenoxy) is 1. The molecule has 1 aromatic carbocycles. The summed E-state index contributed by atoms with van der Waals surface area (Å²) in [5.74, 6) is -2.13. The van der Waals surface area contributed by atoms with Crippen LogP contribution in [0.5, 0.6) is 5.75 Å². The van der Waals surface area contributed by atoms with Gasteiger partial charge in [0.15, 0.2) is 6.61 Å². The monoisotopic (exact) mass is 294 g/mol. The number of carboxylic acid groups (broad SMARTS) is 1. The number of amides is 2. The average molecular weight is 294 g/mol. The van der Waals surface area contributed by atoms with Gasteiger partial charge in [-0.3, -0.25) is 14.4 Å². The Morgan fingerprint density at radius 2 is 1.81 bits per heavy atom. The van der Waals surface area contributed by atoms with E-state index in [0.717, 1.165) is 16.9 Å². The minimum absolute atomic E-state index is 0.355. The summed E-state index contributed by atoms with van der Waals surface area (Å²) in [5.41, 5.74) is 6.11. The van der Waals surface area contributed by atoms with E-state index < -0.39 is 30.9 Å². The zero-order chi connectivity index (χ0) is 15.8. The molecule has 1 aromatic rings. The zero-order valence-electron chi connectivity index (χ0n) is 11.7. The Labute approximate surface area is 122 Å². The smallest absolute Gasteiger partial charge is 0.323 e. The van der Waals surface area contributed by atoms with Crippen LogP contribution in [0.2, 0.25) is 0 Å². The van der Waals surface area contributed by atoms with E-state index in [1.165, 1.54) is 0 Å². The molecule has 7 heteroatoms. The maximum absolute atomic E-state index is 11.8. The average Bonchev–Trinajstić information content (AvgIpc) is 2.43. The number of carbonyl (C=O) groups excluding carboxylic acids is 2. The van der Waals surface area contributed by atoms with Crippen molar-refractivity contribution in [2.45, 2.75) is 13.3 Å². The predicted molar refractivity (Wildman–Crippen MR) is 74.7 cm³/mol. The van der Waals surface area contributed by atoms with Gasteiger partial charge in [0.2, 0.25) is 5.91 Å². The van der Waals surface area contributed by atoms with Gasteiger partial charge in [-0.25, -0.2) is 0 Å². The molecule has 0 spiro atoms. The van der Waals surface area contributed by atoms with Crippen LogP contribution in [0.25, 0.3) is 0 Å². The van der Waals surface area contributed by atoms with Gasteiger partial charge >= 0.3 is 5.97 Å². The second kappa shape index (κ2) is 7.88. The highest BCUT2D eigenvalue weighted by Gasteiger charge is 2.19. The normalized spacial score (nSPS) is 9.95. The van der Waals surface area contributed by atoms with Gasteiger partial charge in [0.05, 0.1) is 0 Å². The van der Waals surface area contributed by atoms with Gasteiger partial charge in [-0.05, 0) is 24.1 Å². The number of nitrogens with zero attached hydrogens (tertiary/aromatic N) is 1. The van der Waals surface area contributed by atoms with Crippen LogP contribution in [0.1, 0.15) is 12.5 Å². The Kier molecular flexibility index (Phi) is 6.19. The van der Waals surface area contributed by atoms with Crippen LogP contribution in [-0.4, -0.2) is 47.5 Å². The molecule has 0 bridgehead atoms. The lowest BCUT2D eigenvalue weighted by Crippen LogP contribution is -2.43. The Hall–Kier alpha value is -2.57. The van der Waals surface area contributed by atoms with Gasteiger partial charge in [-0.15, -0.1) is 0 Å². The Balaban J connectivity index is 2.59. The first-order valence-corrected chi connectivity index (χ1v) is 6.42. The standard InChI is InChI=1S/C14H18N2O5/c1-2-10-3-5-11(6-4-10)21-9-13(18)16(7-12(15)17)8-14(19)20/h3-6H,2,7-9H2,1H3,(H2,15,17)(H,19,20). The SMILES string of the molecule is CCc1ccc(OCC(=O)N(CC(N)=O)CC(=O)O)cc1. The highest BCUT2D eigenvalue weighted by Crippen LogP contribution is 2.12. The third kappa shape index (κ3) is 5.94. The Morgan fingerprint density at radius 3 is 2.29 bits per heavy atom. The predicted octanol–water partition coefficient (Wildman–Crippen LogP) is 0.0263. The fourth-order valence-electron chi connectivity index (χ4n) is 1.64. The summed E-state index contributed by atoms with van der Waals surface area (Å²) in [4.78, 5) is 34.2. The number of aliphatic carboxylic acids is 1. The lowest BCUT2D eigenvalue weighted by molar-refractivity contribution is -0.146. The quantitative estimate of drug-likeness (QED) is 0.702. The topological polar surface area (TPSA) is 110 Å². The van der Waals surface area contributed by atoms with E-state index in [4.69, 9.17) is 15.6 Å². The molecule has 0 radical (unpaired) electrons. The number of benzene rings is 1. The first kappa shape index (κ1) is 16.5. The first-order chi connectivity index (χ1) is 9.92. The van der Waals surface area contributed by atoms with Crippen molar-refractivity contribution in [1.82, 2.24) is 4.90 Å². The third-order valence-corrected chi connectivity index (χ3v) is 2.72. The van der Waals surface area contributed by atoms with Gasteiger partial charge in [-0.1, -0.05) is 19.1 Å². The van der Waals surface area contributed by atoms with Crippen molar-refractivity contribution in [2.75, 3.05) is 19.7 Å². The van der Waals surface area contributed by atoms with E-state index in [2.05, 4.69) is 0 Å². The van der Waals surface area contributed by atoms with Crippen molar-refractivity contribution in [3.63, 3.8) is 0 Å². The van der Waals surface area contributed by atoms with Gasteiger partial charge in [0.25, 0.3) is 5.91 Å². The summed E-state index contributed by atoms with van der Waals surface area (Å²) < 4.78 is 5.28. The molecule has 0 heterocycles. The van der Waals surface area contributed by atoms with Crippen molar-refractivity contribution in [2.24, 2.45) is 5.73 Å². The molecule has 0 unspecified atom stereocenters.